The molecule has 204 valence electrons. The molecule has 1 aliphatic rings. The SMILES string of the molecule is COC[C@@H]1CNC[C@H](OCc2ccc3ccccc3c2)[C@@H]1c1ccc(OCCCOCc2ccccc2)cc1. The molecule has 0 saturated carbocycles. The molecule has 1 aliphatic heterocycles. The highest BCUT2D eigenvalue weighted by Crippen LogP contribution is 2.34. The molecule has 0 spiro atoms. The molecule has 0 radical (unpaired) electrons. The van der Waals surface area contributed by atoms with E-state index in [1.807, 2.05) is 18.2 Å². The van der Waals surface area contributed by atoms with Gasteiger partial charge in [0.05, 0.1) is 39.1 Å². The Balaban J connectivity index is 1.16. The number of fused-ring (bicyclic) bond motifs is 1. The van der Waals surface area contributed by atoms with E-state index in [1.165, 1.54) is 27.5 Å². The van der Waals surface area contributed by atoms with Gasteiger partial charge >= 0.3 is 0 Å². The summed E-state index contributed by atoms with van der Waals surface area (Å²) in [7, 11) is 1.77. The first kappa shape index (κ1) is 27.4. The molecular formula is C34H39NO4. The second kappa shape index (κ2) is 14.2. The average molecular weight is 526 g/mol. The van der Waals surface area contributed by atoms with Crippen LogP contribution in [0.3, 0.4) is 0 Å². The zero-order valence-electron chi connectivity index (χ0n) is 22.8. The van der Waals surface area contributed by atoms with Gasteiger partial charge in [0.1, 0.15) is 5.75 Å². The third-order valence-corrected chi connectivity index (χ3v) is 7.40. The number of methoxy groups -OCH3 is 1. The van der Waals surface area contributed by atoms with Crippen molar-refractivity contribution < 1.29 is 18.9 Å². The number of hydrogen-bond acceptors (Lipinski definition) is 5. The van der Waals surface area contributed by atoms with Gasteiger partial charge in [0.2, 0.25) is 0 Å². The van der Waals surface area contributed by atoms with Crippen LogP contribution >= 0.6 is 0 Å². The van der Waals surface area contributed by atoms with Crippen LogP contribution in [0.25, 0.3) is 10.8 Å². The van der Waals surface area contributed by atoms with Crippen molar-refractivity contribution in [1.82, 2.24) is 5.32 Å². The molecule has 5 rings (SSSR count). The Hall–Kier alpha value is -3.22. The van der Waals surface area contributed by atoms with Gasteiger partial charge in [0.15, 0.2) is 0 Å². The molecule has 1 heterocycles. The Kier molecular flexibility index (Phi) is 9.99. The fraction of sp³-hybridized carbons (Fsp3) is 0.353. The number of benzene rings is 4. The highest BCUT2D eigenvalue weighted by atomic mass is 16.5. The van der Waals surface area contributed by atoms with E-state index < -0.39 is 0 Å². The first-order valence-electron chi connectivity index (χ1n) is 13.9. The zero-order valence-corrected chi connectivity index (χ0v) is 22.8. The van der Waals surface area contributed by atoms with Crippen molar-refractivity contribution in [2.45, 2.75) is 31.7 Å². The standard InChI is InChI=1S/C34H39NO4/c1-36-25-31-21-35-22-33(39-24-27-12-13-28-10-5-6-11-30(28)20-27)34(31)29-14-16-32(17-15-29)38-19-7-18-37-23-26-8-3-2-4-9-26/h2-6,8-17,20,31,33-35H,7,18-19,21-25H2,1H3/t31-,33-,34+/m0/s1. The van der Waals surface area contributed by atoms with Crippen LogP contribution in [0.1, 0.15) is 29.0 Å². The lowest BCUT2D eigenvalue weighted by molar-refractivity contribution is -0.0193. The van der Waals surface area contributed by atoms with E-state index in [1.54, 1.807) is 7.11 Å². The maximum absolute atomic E-state index is 6.56. The van der Waals surface area contributed by atoms with E-state index in [0.717, 1.165) is 25.3 Å². The maximum Gasteiger partial charge on any atom is 0.119 e. The highest BCUT2D eigenvalue weighted by molar-refractivity contribution is 5.82. The fourth-order valence-electron chi connectivity index (χ4n) is 5.43. The van der Waals surface area contributed by atoms with Gasteiger partial charge in [0.25, 0.3) is 0 Å². The van der Waals surface area contributed by atoms with E-state index in [9.17, 15) is 0 Å². The van der Waals surface area contributed by atoms with Crippen molar-refractivity contribution in [3.63, 3.8) is 0 Å². The van der Waals surface area contributed by atoms with Crippen LogP contribution in [-0.4, -0.2) is 46.1 Å². The lowest BCUT2D eigenvalue weighted by Crippen LogP contribution is -2.48. The van der Waals surface area contributed by atoms with Crippen molar-refractivity contribution in [2.75, 3.05) is 40.0 Å². The summed E-state index contributed by atoms with van der Waals surface area (Å²) >= 11 is 0. The summed E-state index contributed by atoms with van der Waals surface area (Å²) in [5.74, 6) is 1.46. The van der Waals surface area contributed by atoms with Gasteiger partial charge in [-0.05, 0) is 45.7 Å². The first-order chi connectivity index (χ1) is 19.3. The van der Waals surface area contributed by atoms with Gasteiger partial charge < -0.3 is 24.3 Å². The van der Waals surface area contributed by atoms with Crippen molar-refractivity contribution in [2.24, 2.45) is 5.92 Å². The number of ether oxygens (including phenoxy) is 4. The summed E-state index contributed by atoms with van der Waals surface area (Å²) in [5.41, 5.74) is 3.65. The lowest BCUT2D eigenvalue weighted by Gasteiger charge is -2.38. The molecule has 1 N–H and O–H groups in total. The van der Waals surface area contributed by atoms with E-state index in [0.29, 0.717) is 39.0 Å². The molecule has 5 heteroatoms. The average Bonchev–Trinajstić information content (AvgIpc) is 2.99. The smallest absolute Gasteiger partial charge is 0.119 e. The second-order valence-corrected chi connectivity index (χ2v) is 10.2. The maximum atomic E-state index is 6.56. The quantitative estimate of drug-likeness (QED) is 0.206. The molecule has 4 aromatic rings. The van der Waals surface area contributed by atoms with Crippen LogP contribution in [0.4, 0.5) is 0 Å². The first-order valence-corrected chi connectivity index (χ1v) is 13.9. The summed E-state index contributed by atoms with van der Waals surface area (Å²) in [5, 5.41) is 6.05. The molecule has 0 amide bonds. The summed E-state index contributed by atoms with van der Waals surface area (Å²) in [6, 6.07) is 33.8. The van der Waals surface area contributed by atoms with Crippen LogP contribution in [0, 0.1) is 5.92 Å². The molecule has 1 fully saturated rings. The van der Waals surface area contributed by atoms with Crippen LogP contribution in [0.2, 0.25) is 0 Å². The summed E-state index contributed by atoms with van der Waals surface area (Å²) < 4.78 is 23.9. The highest BCUT2D eigenvalue weighted by Gasteiger charge is 2.35. The zero-order chi connectivity index (χ0) is 26.7. The molecule has 1 saturated heterocycles. The van der Waals surface area contributed by atoms with Crippen LogP contribution in [0.5, 0.6) is 5.75 Å². The number of piperidine rings is 1. The van der Waals surface area contributed by atoms with Gasteiger partial charge in [-0.25, -0.2) is 0 Å². The van der Waals surface area contributed by atoms with Crippen molar-refractivity contribution in [3.05, 3.63) is 114 Å². The Bertz CT molecular complexity index is 1280. The second-order valence-electron chi connectivity index (χ2n) is 10.2. The molecule has 0 bridgehead atoms. The van der Waals surface area contributed by atoms with Gasteiger partial charge in [-0.3, -0.25) is 0 Å². The monoisotopic (exact) mass is 525 g/mol. The largest absolute Gasteiger partial charge is 0.494 e. The number of nitrogens with one attached hydrogen (secondary N) is 1. The van der Waals surface area contributed by atoms with Crippen LogP contribution < -0.4 is 10.1 Å². The van der Waals surface area contributed by atoms with E-state index in [4.69, 9.17) is 18.9 Å². The normalized spacial score (nSPS) is 19.3. The number of hydrogen-bond donors (Lipinski definition) is 1. The van der Waals surface area contributed by atoms with Gasteiger partial charge in [-0.2, -0.15) is 0 Å². The molecule has 0 aliphatic carbocycles. The van der Waals surface area contributed by atoms with E-state index >= 15 is 0 Å². The third-order valence-electron chi connectivity index (χ3n) is 7.40. The molecule has 3 atom stereocenters. The molecule has 0 aromatic heterocycles. The predicted molar refractivity (Wildman–Crippen MR) is 156 cm³/mol. The molecule has 5 nitrogen and oxygen atoms in total. The van der Waals surface area contributed by atoms with Crippen LogP contribution in [-0.2, 0) is 27.4 Å². The van der Waals surface area contributed by atoms with E-state index in [2.05, 4.69) is 84.2 Å². The molecule has 4 aromatic carbocycles. The Morgan fingerprint density at radius 2 is 1.54 bits per heavy atom. The number of rotatable bonds is 13. The summed E-state index contributed by atoms with van der Waals surface area (Å²) in [4.78, 5) is 0. The van der Waals surface area contributed by atoms with Gasteiger partial charge in [-0.1, -0.05) is 78.9 Å². The Morgan fingerprint density at radius 1 is 0.744 bits per heavy atom. The van der Waals surface area contributed by atoms with Gasteiger partial charge in [-0.15, -0.1) is 0 Å². The topological polar surface area (TPSA) is 49.0 Å². The van der Waals surface area contributed by atoms with Crippen molar-refractivity contribution in [1.29, 1.82) is 0 Å². The Labute approximate surface area is 232 Å². The van der Waals surface area contributed by atoms with E-state index in [-0.39, 0.29) is 12.0 Å². The molecule has 39 heavy (non-hydrogen) atoms. The minimum atomic E-state index is 0.0545. The van der Waals surface area contributed by atoms with Crippen molar-refractivity contribution in [3.8, 4) is 5.75 Å². The Morgan fingerprint density at radius 3 is 2.36 bits per heavy atom. The van der Waals surface area contributed by atoms with Gasteiger partial charge in [0, 0.05) is 38.5 Å². The van der Waals surface area contributed by atoms with Crippen molar-refractivity contribution >= 4 is 10.8 Å². The third kappa shape index (κ3) is 7.68. The summed E-state index contributed by atoms with van der Waals surface area (Å²) in [6.45, 7) is 4.95. The molecule has 0 unspecified atom stereocenters. The summed E-state index contributed by atoms with van der Waals surface area (Å²) in [6.07, 6.45) is 0.905. The minimum Gasteiger partial charge on any atom is -0.494 e. The lowest BCUT2D eigenvalue weighted by atomic mass is 9.79. The predicted octanol–water partition coefficient (Wildman–Crippen LogP) is 6.36. The minimum absolute atomic E-state index is 0.0545. The molecular weight excluding hydrogens is 486 g/mol. The van der Waals surface area contributed by atoms with Crippen LogP contribution in [0.15, 0.2) is 97.1 Å². The fourth-order valence-corrected chi connectivity index (χ4v) is 5.43.